The number of nitro benzene ring substituents is 1. The Hall–Kier alpha value is -3.09. The largest absolute Gasteiger partial charge is 0.507 e. The van der Waals surface area contributed by atoms with Gasteiger partial charge in [-0.1, -0.05) is 0 Å². The molecule has 0 unspecified atom stereocenters. The number of rotatable bonds is 5. The van der Waals surface area contributed by atoms with Crippen molar-refractivity contribution in [2.45, 2.75) is 0 Å². The summed E-state index contributed by atoms with van der Waals surface area (Å²) in [6.45, 7) is 0. The molecule has 0 aliphatic heterocycles. The predicted octanol–water partition coefficient (Wildman–Crippen LogP) is 3.07. The van der Waals surface area contributed by atoms with Crippen LogP contribution in [0.25, 0.3) is 0 Å². The van der Waals surface area contributed by atoms with Gasteiger partial charge in [0.1, 0.15) is 22.9 Å². The maximum atomic E-state index is 10.8. The number of non-ortho nitro benzene ring substituents is 1. The summed E-state index contributed by atoms with van der Waals surface area (Å²) in [5.74, 6) is 1.01. The van der Waals surface area contributed by atoms with E-state index in [1.54, 1.807) is 25.3 Å². The first kappa shape index (κ1) is 15.3. The van der Waals surface area contributed by atoms with E-state index in [0.717, 1.165) is 0 Å². The van der Waals surface area contributed by atoms with Gasteiger partial charge in [0.25, 0.3) is 5.69 Å². The number of ether oxygens (including phenoxy) is 2. The number of nitrogens with zero attached hydrogens (tertiary/aromatic N) is 2. The van der Waals surface area contributed by atoms with Crippen LogP contribution in [0.4, 0.5) is 11.4 Å². The molecule has 114 valence electrons. The van der Waals surface area contributed by atoms with Gasteiger partial charge in [-0.25, -0.2) is 0 Å². The molecule has 0 amide bonds. The van der Waals surface area contributed by atoms with Gasteiger partial charge in [0.05, 0.1) is 19.1 Å². The van der Waals surface area contributed by atoms with E-state index in [-0.39, 0.29) is 17.0 Å². The highest BCUT2D eigenvalue weighted by Crippen LogP contribution is 2.31. The van der Waals surface area contributed by atoms with Crippen LogP contribution in [-0.4, -0.2) is 30.5 Å². The van der Waals surface area contributed by atoms with E-state index in [0.29, 0.717) is 17.2 Å². The van der Waals surface area contributed by atoms with Crippen LogP contribution in [0.1, 0.15) is 5.56 Å². The molecule has 7 heteroatoms. The van der Waals surface area contributed by atoms with Gasteiger partial charge in [-0.05, 0) is 18.2 Å². The number of nitro groups is 1. The van der Waals surface area contributed by atoms with E-state index in [9.17, 15) is 15.2 Å². The van der Waals surface area contributed by atoms with Crippen molar-refractivity contribution in [3.8, 4) is 17.2 Å². The molecule has 0 saturated carbocycles. The first-order valence-corrected chi connectivity index (χ1v) is 6.28. The molecule has 0 aromatic heterocycles. The average Bonchev–Trinajstić information content (AvgIpc) is 2.53. The number of aliphatic imine (C=N–C) groups is 1. The lowest BCUT2D eigenvalue weighted by molar-refractivity contribution is -0.384. The normalized spacial score (nSPS) is 10.6. The first-order valence-electron chi connectivity index (χ1n) is 6.28. The van der Waals surface area contributed by atoms with Gasteiger partial charge in [0.2, 0.25) is 0 Å². The van der Waals surface area contributed by atoms with E-state index in [1.165, 1.54) is 31.5 Å². The van der Waals surface area contributed by atoms with Crippen molar-refractivity contribution in [1.29, 1.82) is 0 Å². The van der Waals surface area contributed by atoms with E-state index in [1.807, 2.05) is 0 Å². The van der Waals surface area contributed by atoms with Crippen molar-refractivity contribution >= 4 is 17.6 Å². The lowest BCUT2D eigenvalue weighted by atomic mass is 10.2. The summed E-state index contributed by atoms with van der Waals surface area (Å²) in [7, 11) is 3.04. The van der Waals surface area contributed by atoms with Crippen molar-refractivity contribution in [2.24, 2.45) is 4.99 Å². The van der Waals surface area contributed by atoms with Gasteiger partial charge < -0.3 is 14.6 Å². The number of hydrogen-bond acceptors (Lipinski definition) is 6. The van der Waals surface area contributed by atoms with Gasteiger partial charge in [0.15, 0.2) is 0 Å². The van der Waals surface area contributed by atoms with Gasteiger partial charge in [-0.15, -0.1) is 0 Å². The van der Waals surface area contributed by atoms with Crippen molar-refractivity contribution in [3.63, 3.8) is 0 Å². The van der Waals surface area contributed by atoms with E-state index in [2.05, 4.69) is 4.99 Å². The van der Waals surface area contributed by atoms with Gasteiger partial charge in [-0.3, -0.25) is 15.1 Å². The van der Waals surface area contributed by atoms with Crippen LogP contribution in [0, 0.1) is 10.1 Å². The summed E-state index contributed by atoms with van der Waals surface area (Å²) in [6, 6.07) is 8.78. The second kappa shape index (κ2) is 6.57. The second-order valence-electron chi connectivity index (χ2n) is 4.30. The summed E-state index contributed by atoms with van der Waals surface area (Å²) < 4.78 is 10.3. The Kier molecular flexibility index (Phi) is 4.57. The Balaban J connectivity index is 2.36. The third-order valence-electron chi connectivity index (χ3n) is 2.95. The summed E-state index contributed by atoms with van der Waals surface area (Å²) >= 11 is 0. The number of benzene rings is 2. The highest BCUT2D eigenvalue weighted by molar-refractivity contribution is 5.87. The third-order valence-corrected chi connectivity index (χ3v) is 2.95. The number of aromatic hydroxyl groups is 1. The molecule has 2 rings (SSSR count). The van der Waals surface area contributed by atoms with E-state index >= 15 is 0 Å². The molecule has 0 aliphatic carbocycles. The lowest BCUT2D eigenvalue weighted by Gasteiger charge is -2.06. The average molecular weight is 302 g/mol. The Labute approximate surface area is 126 Å². The molecular weight excluding hydrogens is 288 g/mol. The van der Waals surface area contributed by atoms with Crippen molar-refractivity contribution < 1.29 is 19.5 Å². The summed E-state index contributed by atoms with van der Waals surface area (Å²) in [6.07, 6.45) is 1.34. The zero-order valence-electron chi connectivity index (χ0n) is 12.0. The highest BCUT2D eigenvalue weighted by Gasteiger charge is 2.09. The van der Waals surface area contributed by atoms with Crippen molar-refractivity contribution in [1.82, 2.24) is 0 Å². The van der Waals surface area contributed by atoms with E-state index in [4.69, 9.17) is 9.47 Å². The van der Waals surface area contributed by atoms with E-state index < -0.39 is 4.92 Å². The molecule has 0 aliphatic rings. The fraction of sp³-hybridized carbons (Fsp3) is 0.133. The SMILES string of the molecule is COc1ccc(N=Cc2cc([N+](=O)[O-])ccc2O)c(OC)c1. The Morgan fingerprint density at radius 3 is 2.59 bits per heavy atom. The molecule has 0 heterocycles. The maximum absolute atomic E-state index is 10.8. The molecule has 0 atom stereocenters. The highest BCUT2D eigenvalue weighted by atomic mass is 16.6. The summed E-state index contributed by atoms with van der Waals surface area (Å²) in [5.41, 5.74) is 0.627. The van der Waals surface area contributed by atoms with Crippen LogP contribution < -0.4 is 9.47 Å². The zero-order valence-corrected chi connectivity index (χ0v) is 12.0. The summed E-state index contributed by atoms with van der Waals surface area (Å²) in [4.78, 5) is 14.4. The van der Waals surface area contributed by atoms with Crippen LogP contribution >= 0.6 is 0 Å². The number of methoxy groups -OCH3 is 2. The van der Waals surface area contributed by atoms with Gasteiger partial charge in [-0.2, -0.15) is 0 Å². The van der Waals surface area contributed by atoms with Crippen molar-refractivity contribution in [3.05, 3.63) is 52.1 Å². The molecule has 0 spiro atoms. The molecule has 2 aromatic carbocycles. The van der Waals surface area contributed by atoms with Gasteiger partial charge in [0, 0.05) is 30.0 Å². The minimum atomic E-state index is -0.537. The lowest BCUT2D eigenvalue weighted by Crippen LogP contribution is -1.91. The zero-order chi connectivity index (χ0) is 16.1. The molecule has 0 fully saturated rings. The fourth-order valence-corrected chi connectivity index (χ4v) is 1.79. The van der Waals surface area contributed by atoms with Crippen molar-refractivity contribution in [2.75, 3.05) is 14.2 Å². The minimum absolute atomic E-state index is 0.0955. The Morgan fingerprint density at radius 2 is 1.95 bits per heavy atom. The quantitative estimate of drug-likeness (QED) is 0.520. The minimum Gasteiger partial charge on any atom is -0.507 e. The molecule has 2 aromatic rings. The van der Waals surface area contributed by atoms with Crippen LogP contribution in [0.15, 0.2) is 41.4 Å². The molecule has 0 radical (unpaired) electrons. The van der Waals surface area contributed by atoms with Crippen LogP contribution in [0.5, 0.6) is 17.2 Å². The number of hydrogen-bond donors (Lipinski definition) is 1. The molecule has 7 nitrogen and oxygen atoms in total. The third kappa shape index (κ3) is 3.32. The molecule has 0 saturated heterocycles. The number of phenols is 1. The van der Waals surface area contributed by atoms with Gasteiger partial charge >= 0.3 is 0 Å². The first-order chi connectivity index (χ1) is 10.5. The smallest absolute Gasteiger partial charge is 0.270 e. The maximum Gasteiger partial charge on any atom is 0.270 e. The Morgan fingerprint density at radius 1 is 1.18 bits per heavy atom. The van der Waals surface area contributed by atoms with Crippen LogP contribution in [-0.2, 0) is 0 Å². The summed E-state index contributed by atoms with van der Waals surface area (Å²) in [5, 5.41) is 20.5. The Bertz CT molecular complexity index is 728. The predicted molar refractivity (Wildman–Crippen MR) is 81.6 cm³/mol. The van der Waals surface area contributed by atoms with Crippen LogP contribution in [0.3, 0.4) is 0 Å². The molecule has 0 bridgehead atoms. The monoisotopic (exact) mass is 302 g/mol. The van der Waals surface area contributed by atoms with Crippen LogP contribution in [0.2, 0.25) is 0 Å². The molecular formula is C15H14N2O5. The standard InChI is InChI=1S/C15H14N2O5/c1-21-12-4-5-13(15(8-12)22-2)16-9-10-7-11(17(19)20)3-6-14(10)18/h3-9,18H,1-2H3. The second-order valence-corrected chi connectivity index (χ2v) is 4.30. The molecule has 22 heavy (non-hydrogen) atoms. The topological polar surface area (TPSA) is 94.2 Å². The number of phenolic OH excluding ortho intramolecular Hbond substituents is 1. The fourth-order valence-electron chi connectivity index (χ4n) is 1.79. The molecule has 1 N–H and O–H groups in total.